The van der Waals surface area contributed by atoms with Crippen molar-refractivity contribution in [1.82, 2.24) is 8.28 Å². The first kappa shape index (κ1) is 14.5. The Morgan fingerprint density at radius 3 is 2.42 bits per heavy atom. The van der Waals surface area contributed by atoms with E-state index in [0.717, 1.165) is 12.8 Å². The minimum Gasteiger partial charge on any atom is -0.375 e. The van der Waals surface area contributed by atoms with Gasteiger partial charge in [0, 0.05) is 13.1 Å². The fourth-order valence-corrected chi connectivity index (χ4v) is 3.70. The Morgan fingerprint density at radius 2 is 1.95 bits per heavy atom. The van der Waals surface area contributed by atoms with Crippen molar-refractivity contribution >= 4 is 10.2 Å². The van der Waals surface area contributed by atoms with Crippen molar-refractivity contribution in [2.24, 2.45) is 7.05 Å². The molecule has 0 radical (unpaired) electrons. The highest BCUT2D eigenvalue weighted by molar-refractivity contribution is 7.87. The molecule has 2 heterocycles. The Kier molecular flexibility index (Phi) is 4.27. The molecule has 2 rings (SSSR count). The van der Waals surface area contributed by atoms with Crippen LogP contribution in [0.1, 0.15) is 26.7 Å². The zero-order chi connectivity index (χ0) is 14.0. The van der Waals surface area contributed by atoms with Crippen LogP contribution in [-0.2, 0) is 22.0 Å². The van der Waals surface area contributed by atoms with E-state index in [9.17, 15) is 8.42 Å². The Morgan fingerprint density at radius 1 is 1.32 bits per heavy atom. The van der Waals surface area contributed by atoms with Gasteiger partial charge in [-0.05, 0) is 26.7 Å². The Labute approximate surface area is 114 Å². The van der Waals surface area contributed by atoms with Crippen LogP contribution in [0.15, 0.2) is 18.7 Å². The number of rotatable bonds is 4. The molecule has 7 heteroatoms. The number of imidazole rings is 1. The number of piperidine rings is 1. The fourth-order valence-electron chi connectivity index (χ4n) is 2.28. The number of ether oxygens (including phenoxy) is 1. The van der Waals surface area contributed by atoms with Crippen molar-refractivity contribution in [3.63, 3.8) is 0 Å². The second-order valence-electron chi connectivity index (χ2n) is 5.20. The molecule has 1 aromatic rings. The van der Waals surface area contributed by atoms with Crippen LogP contribution in [0.4, 0.5) is 0 Å². The standard InChI is InChI=1S/C12H22N3O3S/c1-11(2)18-12-4-6-14(7-5-12)19(16,17)15-9-8-13(3)10-15/h8-12H,4-7H2,1-3H3/q+1. The zero-order valence-corrected chi connectivity index (χ0v) is 12.5. The lowest BCUT2D eigenvalue weighted by Crippen LogP contribution is -2.43. The van der Waals surface area contributed by atoms with Crippen molar-refractivity contribution in [2.75, 3.05) is 13.1 Å². The number of aromatic nitrogens is 2. The molecule has 19 heavy (non-hydrogen) atoms. The van der Waals surface area contributed by atoms with Gasteiger partial charge >= 0.3 is 10.2 Å². The van der Waals surface area contributed by atoms with Crippen molar-refractivity contribution in [1.29, 1.82) is 0 Å². The van der Waals surface area contributed by atoms with Gasteiger partial charge in [0.05, 0.1) is 19.3 Å². The summed E-state index contributed by atoms with van der Waals surface area (Å²) in [4.78, 5) is 0. The topological polar surface area (TPSA) is 55.4 Å². The van der Waals surface area contributed by atoms with Crippen molar-refractivity contribution in [2.45, 2.75) is 38.9 Å². The van der Waals surface area contributed by atoms with Gasteiger partial charge < -0.3 is 4.74 Å². The Balaban J connectivity index is 2.01. The maximum absolute atomic E-state index is 12.4. The summed E-state index contributed by atoms with van der Waals surface area (Å²) in [7, 11) is -1.62. The average molecular weight is 288 g/mol. The molecule has 0 atom stereocenters. The van der Waals surface area contributed by atoms with Crippen molar-refractivity contribution < 1.29 is 17.7 Å². The van der Waals surface area contributed by atoms with Crippen LogP contribution in [-0.4, -0.2) is 42.0 Å². The largest absolute Gasteiger partial charge is 0.379 e. The highest BCUT2D eigenvalue weighted by Gasteiger charge is 2.33. The molecule has 0 amide bonds. The minimum absolute atomic E-state index is 0.173. The smallest absolute Gasteiger partial charge is 0.375 e. The summed E-state index contributed by atoms with van der Waals surface area (Å²) in [6, 6.07) is 0. The van der Waals surface area contributed by atoms with E-state index in [1.54, 1.807) is 30.3 Å². The lowest BCUT2D eigenvalue weighted by Gasteiger charge is -2.30. The van der Waals surface area contributed by atoms with E-state index < -0.39 is 10.2 Å². The summed E-state index contributed by atoms with van der Waals surface area (Å²) < 4.78 is 35.0. The van der Waals surface area contributed by atoms with Gasteiger partial charge in [-0.2, -0.15) is 12.7 Å². The Bertz CT molecular complexity index is 516. The molecule has 0 aromatic carbocycles. The molecule has 1 aliphatic heterocycles. The molecule has 1 aliphatic rings. The molecule has 0 bridgehead atoms. The van der Waals surface area contributed by atoms with E-state index >= 15 is 0 Å². The summed E-state index contributed by atoms with van der Waals surface area (Å²) >= 11 is 0. The molecule has 0 unspecified atom stereocenters. The molecule has 0 N–H and O–H groups in total. The third-order valence-corrected chi connectivity index (χ3v) is 4.97. The van der Waals surface area contributed by atoms with Crippen LogP contribution in [0.5, 0.6) is 0 Å². The molecule has 1 saturated heterocycles. The highest BCUT2D eigenvalue weighted by atomic mass is 32.2. The number of nitrogens with zero attached hydrogens (tertiary/aromatic N) is 3. The molecule has 6 nitrogen and oxygen atoms in total. The molecule has 0 saturated carbocycles. The van der Waals surface area contributed by atoms with Gasteiger partial charge in [-0.25, -0.2) is 4.57 Å². The first-order chi connectivity index (χ1) is 8.89. The van der Waals surface area contributed by atoms with Crippen molar-refractivity contribution in [3.05, 3.63) is 18.7 Å². The second-order valence-corrected chi connectivity index (χ2v) is 7.03. The molecule has 0 aliphatic carbocycles. The lowest BCUT2D eigenvalue weighted by atomic mass is 10.1. The van der Waals surface area contributed by atoms with E-state index in [1.165, 1.54) is 8.28 Å². The number of hydrogen-bond donors (Lipinski definition) is 0. The number of hydrogen-bond acceptors (Lipinski definition) is 3. The maximum Gasteiger partial charge on any atom is 0.379 e. The van der Waals surface area contributed by atoms with Gasteiger partial charge in [-0.3, -0.25) is 0 Å². The molecular formula is C12H22N3O3S+. The quantitative estimate of drug-likeness (QED) is 0.749. The molecule has 1 fully saturated rings. The SMILES string of the molecule is CC(C)OC1CCN(S(=O)(=O)n2cc[n+](C)c2)CC1. The zero-order valence-electron chi connectivity index (χ0n) is 11.7. The first-order valence-electron chi connectivity index (χ1n) is 6.59. The third kappa shape index (κ3) is 3.34. The van der Waals surface area contributed by atoms with Gasteiger partial charge in [0.25, 0.3) is 6.33 Å². The molecule has 108 valence electrons. The van der Waals surface area contributed by atoms with E-state index in [-0.39, 0.29) is 12.2 Å². The van der Waals surface area contributed by atoms with Gasteiger partial charge in [0.1, 0.15) is 12.4 Å². The minimum atomic E-state index is -3.42. The van der Waals surface area contributed by atoms with E-state index in [2.05, 4.69) is 0 Å². The summed E-state index contributed by atoms with van der Waals surface area (Å²) in [5.41, 5.74) is 0. The van der Waals surface area contributed by atoms with Crippen LogP contribution in [0.2, 0.25) is 0 Å². The van der Waals surface area contributed by atoms with Gasteiger partial charge in [-0.15, -0.1) is 3.97 Å². The summed E-state index contributed by atoms with van der Waals surface area (Å²) in [5.74, 6) is 0. The van der Waals surface area contributed by atoms with E-state index in [0.29, 0.717) is 13.1 Å². The van der Waals surface area contributed by atoms with E-state index in [4.69, 9.17) is 4.74 Å². The Hall–Kier alpha value is -0.920. The summed E-state index contributed by atoms with van der Waals surface area (Å²) in [5, 5.41) is 0. The van der Waals surface area contributed by atoms with Gasteiger partial charge in [-0.1, -0.05) is 0 Å². The first-order valence-corrected chi connectivity index (χ1v) is 7.98. The summed E-state index contributed by atoms with van der Waals surface area (Å²) in [6.07, 6.45) is 6.71. The van der Waals surface area contributed by atoms with Gasteiger partial charge in [0.15, 0.2) is 0 Å². The highest BCUT2D eigenvalue weighted by Crippen LogP contribution is 2.18. The van der Waals surface area contributed by atoms with Crippen LogP contribution < -0.4 is 4.57 Å². The normalized spacial score (nSPS) is 19.2. The summed E-state index contributed by atoms with van der Waals surface area (Å²) in [6.45, 7) is 5.04. The predicted octanol–water partition coefficient (Wildman–Crippen LogP) is 0.295. The second kappa shape index (κ2) is 5.60. The molecule has 0 spiro atoms. The monoisotopic (exact) mass is 288 g/mol. The predicted molar refractivity (Wildman–Crippen MR) is 70.7 cm³/mol. The van der Waals surface area contributed by atoms with Crippen LogP contribution in [0.25, 0.3) is 0 Å². The maximum atomic E-state index is 12.4. The van der Waals surface area contributed by atoms with Crippen molar-refractivity contribution in [3.8, 4) is 0 Å². The fraction of sp³-hybridized carbons (Fsp3) is 0.750. The van der Waals surface area contributed by atoms with Crippen LogP contribution in [0.3, 0.4) is 0 Å². The van der Waals surface area contributed by atoms with Crippen LogP contribution >= 0.6 is 0 Å². The van der Waals surface area contributed by atoms with Gasteiger partial charge in [0.2, 0.25) is 0 Å². The lowest BCUT2D eigenvalue weighted by molar-refractivity contribution is -0.670. The number of aryl methyl sites for hydroxylation is 1. The molecular weight excluding hydrogens is 266 g/mol. The third-order valence-electron chi connectivity index (χ3n) is 3.20. The van der Waals surface area contributed by atoms with Crippen LogP contribution in [0, 0.1) is 0 Å². The van der Waals surface area contributed by atoms with E-state index in [1.807, 2.05) is 13.8 Å². The molecule has 1 aromatic heterocycles. The average Bonchev–Trinajstić information content (AvgIpc) is 2.76.